The third-order valence-corrected chi connectivity index (χ3v) is 2.43. The molecule has 88 valence electrons. The van der Waals surface area contributed by atoms with E-state index in [-0.39, 0.29) is 0 Å². The van der Waals surface area contributed by atoms with Gasteiger partial charge in [-0.15, -0.1) is 0 Å². The van der Waals surface area contributed by atoms with Crippen molar-refractivity contribution in [1.29, 1.82) is 0 Å². The fourth-order valence-corrected chi connectivity index (χ4v) is 1.53. The second kappa shape index (κ2) is 7.52. The fourth-order valence-electron chi connectivity index (χ4n) is 1.25. The minimum Gasteiger partial charge on any atom is -0.478 e. The first kappa shape index (κ1) is 13.3. The summed E-state index contributed by atoms with van der Waals surface area (Å²) in [4.78, 5) is 10.5. The highest BCUT2D eigenvalue weighted by atomic mass is 32.1. The van der Waals surface area contributed by atoms with Gasteiger partial charge in [-0.25, -0.2) is 4.79 Å². The number of thiol groups is 1. The third kappa shape index (κ3) is 4.74. The van der Waals surface area contributed by atoms with Crippen LogP contribution in [0.4, 0.5) is 0 Å². The predicted molar refractivity (Wildman–Crippen MR) is 72.5 cm³/mol. The minimum atomic E-state index is -0.894. The molecule has 0 unspecified atom stereocenters. The van der Waals surface area contributed by atoms with Crippen molar-refractivity contribution in [2.24, 2.45) is 0 Å². The highest BCUT2D eigenvalue weighted by Gasteiger charge is 2.05. The molecule has 2 rings (SSSR count). The molecule has 0 atom stereocenters. The summed E-state index contributed by atoms with van der Waals surface area (Å²) in [6, 6.07) is 18.8. The van der Waals surface area contributed by atoms with E-state index >= 15 is 0 Å². The second-order valence-electron chi connectivity index (χ2n) is 3.28. The summed E-state index contributed by atoms with van der Waals surface area (Å²) in [5, 5.41) is 8.66. The molecule has 2 aromatic rings. The number of rotatable bonds is 2. The Balaban J connectivity index is 0.000000202. The van der Waals surface area contributed by atoms with Crippen LogP contribution in [0.15, 0.2) is 60.7 Å². The van der Waals surface area contributed by atoms with Gasteiger partial charge < -0.3 is 5.11 Å². The molecule has 2 nitrogen and oxygen atoms in total. The van der Waals surface area contributed by atoms with Gasteiger partial charge in [0.15, 0.2) is 0 Å². The maximum Gasteiger partial charge on any atom is 0.335 e. The summed E-state index contributed by atoms with van der Waals surface area (Å²) in [7, 11) is 0. The molecule has 1 N–H and O–H groups in total. The van der Waals surface area contributed by atoms with Crippen molar-refractivity contribution in [2.45, 2.75) is 5.75 Å². The number of carbonyl (C=O) groups is 1. The van der Waals surface area contributed by atoms with Crippen molar-refractivity contribution in [2.75, 3.05) is 0 Å². The third-order valence-electron chi connectivity index (χ3n) is 2.08. The van der Waals surface area contributed by atoms with E-state index in [9.17, 15) is 4.79 Å². The first-order valence-electron chi connectivity index (χ1n) is 5.17. The van der Waals surface area contributed by atoms with E-state index in [1.807, 2.05) is 36.4 Å². The Kier molecular flexibility index (Phi) is 5.89. The minimum absolute atomic E-state index is 0.336. The summed E-state index contributed by atoms with van der Waals surface area (Å²) in [6.07, 6.45) is 0. The van der Waals surface area contributed by atoms with Crippen LogP contribution in [0.25, 0.3) is 0 Å². The van der Waals surface area contributed by atoms with Crippen LogP contribution in [-0.4, -0.2) is 11.1 Å². The van der Waals surface area contributed by atoms with Gasteiger partial charge in [-0.2, -0.15) is 12.6 Å². The van der Waals surface area contributed by atoms with Gasteiger partial charge in [0.2, 0.25) is 0 Å². The van der Waals surface area contributed by atoms with Crippen LogP contribution < -0.4 is 0 Å². The lowest BCUT2D eigenvalue weighted by atomic mass is 10.1. The number of carboxylic acid groups (broad SMARTS) is 1. The van der Waals surface area contributed by atoms with Crippen molar-refractivity contribution in [1.82, 2.24) is 0 Å². The van der Waals surface area contributed by atoms with Gasteiger partial charge in [0.1, 0.15) is 0 Å². The zero-order valence-electron chi connectivity index (χ0n) is 9.28. The summed E-state index contributed by atoms with van der Waals surface area (Å²) < 4.78 is 0. The second-order valence-corrected chi connectivity index (χ2v) is 3.59. The molecule has 3 heteroatoms. The molecule has 0 radical (unpaired) electrons. The van der Waals surface area contributed by atoms with Crippen LogP contribution in [0.5, 0.6) is 0 Å². The lowest BCUT2D eigenvalue weighted by molar-refractivity contribution is 0.0696. The molecule has 0 spiro atoms. The Hall–Kier alpha value is -1.74. The van der Waals surface area contributed by atoms with Crippen molar-refractivity contribution < 1.29 is 9.90 Å². The van der Waals surface area contributed by atoms with Crippen LogP contribution in [0.1, 0.15) is 15.9 Å². The first-order valence-corrected chi connectivity index (χ1v) is 5.81. The number of hydrogen-bond acceptors (Lipinski definition) is 2. The Morgan fingerprint density at radius 1 is 0.941 bits per heavy atom. The average molecular weight is 246 g/mol. The molecule has 0 aliphatic rings. The van der Waals surface area contributed by atoms with E-state index in [1.165, 1.54) is 0 Å². The average Bonchev–Trinajstić information content (AvgIpc) is 2.41. The van der Waals surface area contributed by atoms with Gasteiger partial charge in [-0.1, -0.05) is 54.6 Å². The van der Waals surface area contributed by atoms with Gasteiger partial charge in [-0.3, -0.25) is 0 Å². The maximum absolute atomic E-state index is 10.5. The lowest BCUT2D eigenvalue weighted by Crippen LogP contribution is -1.99. The Labute approximate surface area is 106 Å². The normalized spacial score (nSPS) is 9.00. The summed E-state index contributed by atoms with van der Waals surface area (Å²) in [6.45, 7) is 0. The zero-order chi connectivity index (χ0) is 12.5. The smallest absolute Gasteiger partial charge is 0.335 e. The van der Waals surface area contributed by atoms with E-state index in [2.05, 4.69) is 12.6 Å². The molecule has 0 bridgehead atoms. The van der Waals surface area contributed by atoms with Crippen molar-refractivity contribution in [3.05, 3.63) is 71.8 Å². The summed E-state index contributed by atoms with van der Waals surface area (Å²) in [5.74, 6) is -0.433. The van der Waals surface area contributed by atoms with Crippen LogP contribution in [0.2, 0.25) is 0 Å². The standard InChI is InChI=1S/C8H8O2S.C6H6/c9-8(10)7-4-2-1-3-6(7)5-11;1-2-4-6-5-3-1/h1-4,11H,5H2,(H,9,10);1-6H. The maximum atomic E-state index is 10.5. The predicted octanol–water partition coefficient (Wildman–Crippen LogP) is 3.50. The quantitative estimate of drug-likeness (QED) is 0.796. The van der Waals surface area contributed by atoms with Crippen LogP contribution in [0, 0.1) is 0 Å². The number of carboxylic acids is 1. The lowest BCUT2D eigenvalue weighted by Gasteiger charge is -1.99. The monoisotopic (exact) mass is 246 g/mol. The molecule has 2 aromatic carbocycles. The molecular formula is C14H14O2S. The number of aromatic carboxylic acids is 1. The molecule has 0 saturated heterocycles. The molecule has 0 aromatic heterocycles. The van der Waals surface area contributed by atoms with Gasteiger partial charge >= 0.3 is 5.97 Å². The molecular weight excluding hydrogens is 232 g/mol. The van der Waals surface area contributed by atoms with Gasteiger partial charge in [-0.05, 0) is 11.6 Å². The Morgan fingerprint density at radius 2 is 1.41 bits per heavy atom. The van der Waals surface area contributed by atoms with E-state index in [0.717, 1.165) is 5.56 Å². The SMILES string of the molecule is O=C(O)c1ccccc1CS.c1ccccc1. The zero-order valence-corrected chi connectivity index (χ0v) is 10.2. The van der Waals surface area contributed by atoms with E-state index in [1.54, 1.807) is 24.3 Å². The van der Waals surface area contributed by atoms with E-state index in [4.69, 9.17) is 5.11 Å². The fraction of sp³-hybridized carbons (Fsp3) is 0.0714. The van der Waals surface area contributed by atoms with Gasteiger partial charge in [0, 0.05) is 5.75 Å². The molecule has 0 amide bonds. The van der Waals surface area contributed by atoms with Crippen molar-refractivity contribution in [3.63, 3.8) is 0 Å². The van der Waals surface area contributed by atoms with Crippen LogP contribution >= 0.6 is 12.6 Å². The largest absolute Gasteiger partial charge is 0.478 e. The first-order chi connectivity index (χ1) is 8.25. The molecule has 0 heterocycles. The molecule has 0 saturated carbocycles. The van der Waals surface area contributed by atoms with Crippen LogP contribution in [0.3, 0.4) is 0 Å². The van der Waals surface area contributed by atoms with Crippen molar-refractivity contribution >= 4 is 18.6 Å². The van der Waals surface area contributed by atoms with E-state index < -0.39 is 5.97 Å². The van der Waals surface area contributed by atoms with Gasteiger partial charge in [0.05, 0.1) is 5.56 Å². The Bertz CT molecular complexity index is 428. The highest BCUT2D eigenvalue weighted by Crippen LogP contribution is 2.10. The van der Waals surface area contributed by atoms with Crippen molar-refractivity contribution in [3.8, 4) is 0 Å². The van der Waals surface area contributed by atoms with Crippen LogP contribution in [-0.2, 0) is 5.75 Å². The number of benzene rings is 2. The summed E-state index contributed by atoms with van der Waals surface area (Å²) >= 11 is 4.01. The highest BCUT2D eigenvalue weighted by molar-refractivity contribution is 7.79. The van der Waals surface area contributed by atoms with Gasteiger partial charge in [0.25, 0.3) is 0 Å². The molecule has 0 aliphatic carbocycles. The number of hydrogen-bond donors (Lipinski definition) is 2. The summed E-state index contributed by atoms with van der Waals surface area (Å²) in [5.41, 5.74) is 1.09. The molecule has 0 fully saturated rings. The molecule has 17 heavy (non-hydrogen) atoms. The Morgan fingerprint density at radius 3 is 1.76 bits per heavy atom. The molecule has 0 aliphatic heterocycles. The van der Waals surface area contributed by atoms with E-state index in [0.29, 0.717) is 11.3 Å². The topological polar surface area (TPSA) is 37.3 Å².